The number of aryl methyl sites for hydroxylation is 1. The van der Waals surface area contributed by atoms with E-state index in [1.807, 2.05) is 0 Å². The monoisotopic (exact) mass is 600 g/mol. The summed E-state index contributed by atoms with van der Waals surface area (Å²) < 4.78 is 67.2. The van der Waals surface area contributed by atoms with Crippen LogP contribution in [0.1, 0.15) is 55.2 Å². The van der Waals surface area contributed by atoms with Crippen LogP contribution < -0.4 is 10.1 Å². The van der Waals surface area contributed by atoms with Crippen LogP contribution in [-0.2, 0) is 36.3 Å². The van der Waals surface area contributed by atoms with Crippen molar-refractivity contribution in [2.24, 2.45) is 5.92 Å². The van der Waals surface area contributed by atoms with Crippen LogP contribution >= 0.6 is 0 Å². The van der Waals surface area contributed by atoms with Gasteiger partial charge in [0.15, 0.2) is 9.84 Å². The first-order chi connectivity index (χ1) is 19.5. The van der Waals surface area contributed by atoms with E-state index < -0.39 is 63.9 Å². The van der Waals surface area contributed by atoms with Crippen molar-refractivity contribution >= 4 is 27.4 Å². The molecule has 1 saturated heterocycles. The van der Waals surface area contributed by atoms with Crippen LogP contribution in [0.15, 0.2) is 28.7 Å². The summed E-state index contributed by atoms with van der Waals surface area (Å²) in [5.41, 5.74) is -0.0198. The molecular weight excluding hydrogens is 566 g/mol. The zero-order chi connectivity index (χ0) is 30.0. The van der Waals surface area contributed by atoms with Gasteiger partial charge in [-0.15, -0.1) is 10.2 Å². The van der Waals surface area contributed by atoms with Crippen molar-refractivity contribution in [3.8, 4) is 5.75 Å². The molecule has 1 N–H and O–H groups in total. The van der Waals surface area contributed by atoms with Crippen LogP contribution in [0.3, 0.4) is 0 Å². The van der Waals surface area contributed by atoms with Gasteiger partial charge in [-0.2, -0.15) is 8.78 Å². The number of morpholine rings is 1. The topological polar surface area (TPSA) is 158 Å². The Hall–Kier alpha value is -3.46. The van der Waals surface area contributed by atoms with Crippen molar-refractivity contribution in [3.63, 3.8) is 0 Å². The molecule has 1 aromatic carbocycles. The Morgan fingerprint density at radius 3 is 2.46 bits per heavy atom. The Labute approximate surface area is 236 Å². The number of Topliss-reactive ketones (excluding diaryl/α,β-unsaturated/α-hetero) is 1. The molecule has 12 nitrogen and oxygen atoms in total. The lowest BCUT2D eigenvalue weighted by Gasteiger charge is -2.28. The van der Waals surface area contributed by atoms with Gasteiger partial charge in [0, 0.05) is 31.5 Å². The number of rotatable bonds is 15. The van der Waals surface area contributed by atoms with Crippen LogP contribution in [0.25, 0.3) is 0 Å². The minimum Gasteiger partial charge on any atom is -0.435 e. The number of nitrogens with zero attached hydrogens (tertiary/aromatic N) is 3. The Balaban J connectivity index is 1.83. The largest absolute Gasteiger partial charge is 0.435 e. The molecule has 0 spiro atoms. The first-order valence-corrected chi connectivity index (χ1v) is 15.1. The zero-order valence-corrected chi connectivity index (χ0v) is 23.7. The third-order valence-electron chi connectivity index (χ3n) is 6.37. The summed E-state index contributed by atoms with van der Waals surface area (Å²) in [5.74, 6) is -5.11. The number of carbonyl (C=O) groups is 3. The van der Waals surface area contributed by atoms with Gasteiger partial charge >= 0.3 is 6.61 Å². The standard InChI is InChI=1S/C26H34F2N4O8S/c1-3-7-19(23(34)25-31-30-21(4-2)40-25)29-24(35)18(14-22(33)32-10-12-38-13-11-32)16-41(36,37)15-17-8-5-6-9-20(17)39-26(27)28/h5-6,8-9,18-19,26H,3-4,7,10-16H2,1-2H3,(H,29,35)/t18?,19-/m0/s1. The number of ether oxygens (including phenoxy) is 2. The molecule has 15 heteroatoms. The molecule has 1 aliphatic rings. The normalized spacial score (nSPS) is 15.4. The lowest BCUT2D eigenvalue weighted by atomic mass is 10.0. The first-order valence-electron chi connectivity index (χ1n) is 13.3. The van der Waals surface area contributed by atoms with Crippen LogP contribution in [-0.4, -0.2) is 85.8 Å². The predicted octanol–water partition coefficient (Wildman–Crippen LogP) is 2.18. The number of para-hydroxylation sites is 1. The summed E-state index contributed by atoms with van der Waals surface area (Å²) >= 11 is 0. The molecule has 0 bridgehead atoms. The van der Waals surface area contributed by atoms with E-state index in [4.69, 9.17) is 9.15 Å². The van der Waals surface area contributed by atoms with E-state index in [0.717, 1.165) is 0 Å². The van der Waals surface area contributed by atoms with Crippen molar-refractivity contribution in [2.45, 2.75) is 57.9 Å². The molecule has 1 aliphatic heterocycles. The van der Waals surface area contributed by atoms with Crippen molar-refractivity contribution in [1.29, 1.82) is 0 Å². The van der Waals surface area contributed by atoms with Gasteiger partial charge in [0.05, 0.1) is 36.7 Å². The number of sulfone groups is 1. The number of nitrogens with one attached hydrogen (secondary N) is 1. The second-order valence-corrected chi connectivity index (χ2v) is 11.6. The number of amides is 2. The number of halogens is 2. The van der Waals surface area contributed by atoms with E-state index in [2.05, 4.69) is 20.3 Å². The average molecular weight is 601 g/mol. The highest BCUT2D eigenvalue weighted by Gasteiger charge is 2.34. The molecule has 2 amide bonds. The van der Waals surface area contributed by atoms with Gasteiger partial charge in [0.25, 0.3) is 5.89 Å². The molecule has 0 aliphatic carbocycles. The molecule has 1 unspecified atom stereocenters. The number of hydrogen-bond donors (Lipinski definition) is 1. The molecule has 3 rings (SSSR count). The summed E-state index contributed by atoms with van der Waals surface area (Å²) in [6.07, 6.45) is 0.639. The molecule has 2 heterocycles. The van der Waals surface area contributed by atoms with Crippen LogP contribution in [0, 0.1) is 5.92 Å². The van der Waals surface area contributed by atoms with E-state index in [-0.39, 0.29) is 42.6 Å². The second kappa shape index (κ2) is 15.0. The van der Waals surface area contributed by atoms with Gasteiger partial charge in [-0.3, -0.25) is 14.4 Å². The highest BCUT2D eigenvalue weighted by Crippen LogP contribution is 2.24. The van der Waals surface area contributed by atoms with Gasteiger partial charge in [0.1, 0.15) is 5.75 Å². The Bertz CT molecular complexity index is 1300. The fourth-order valence-corrected chi connectivity index (χ4v) is 6.02. The maximum Gasteiger partial charge on any atom is 0.387 e. The fraction of sp³-hybridized carbons (Fsp3) is 0.577. The lowest BCUT2D eigenvalue weighted by Crippen LogP contribution is -2.47. The van der Waals surface area contributed by atoms with Gasteiger partial charge < -0.3 is 24.1 Å². The molecule has 2 aromatic rings. The quantitative estimate of drug-likeness (QED) is 0.300. The average Bonchev–Trinajstić information content (AvgIpc) is 3.42. The van der Waals surface area contributed by atoms with Crippen molar-refractivity contribution in [3.05, 3.63) is 41.6 Å². The lowest BCUT2D eigenvalue weighted by molar-refractivity contribution is -0.139. The predicted molar refractivity (Wildman–Crippen MR) is 141 cm³/mol. The Kier molecular flexibility index (Phi) is 11.7. The number of ketones is 1. The van der Waals surface area contributed by atoms with E-state index in [9.17, 15) is 31.6 Å². The summed E-state index contributed by atoms with van der Waals surface area (Å²) in [6.45, 7) is 1.57. The van der Waals surface area contributed by atoms with E-state index in [0.29, 0.717) is 26.1 Å². The smallest absolute Gasteiger partial charge is 0.387 e. The van der Waals surface area contributed by atoms with Crippen molar-refractivity contribution in [1.82, 2.24) is 20.4 Å². The molecule has 1 aromatic heterocycles. The zero-order valence-electron chi connectivity index (χ0n) is 22.9. The maximum absolute atomic E-state index is 13.5. The fourth-order valence-electron chi connectivity index (χ4n) is 4.31. The molecule has 41 heavy (non-hydrogen) atoms. The third kappa shape index (κ3) is 9.56. The van der Waals surface area contributed by atoms with Gasteiger partial charge in [-0.05, 0) is 12.5 Å². The highest BCUT2D eigenvalue weighted by molar-refractivity contribution is 7.90. The number of carbonyl (C=O) groups excluding carboxylic acids is 3. The van der Waals surface area contributed by atoms with Crippen LogP contribution in [0.5, 0.6) is 5.75 Å². The van der Waals surface area contributed by atoms with E-state index in [1.54, 1.807) is 13.8 Å². The molecule has 0 saturated carbocycles. The number of hydrogen-bond acceptors (Lipinski definition) is 10. The second-order valence-electron chi connectivity index (χ2n) is 9.50. The molecule has 226 valence electrons. The van der Waals surface area contributed by atoms with Gasteiger partial charge in [0.2, 0.25) is 23.5 Å². The third-order valence-corrected chi connectivity index (χ3v) is 8.03. The molecular formula is C26H34F2N4O8S. The minimum atomic E-state index is -4.14. The summed E-state index contributed by atoms with van der Waals surface area (Å²) in [5, 5.41) is 10.1. The van der Waals surface area contributed by atoms with Crippen molar-refractivity contribution < 1.29 is 45.5 Å². The molecule has 0 radical (unpaired) electrons. The number of alkyl halides is 2. The SMILES string of the molecule is CCC[C@H](NC(=O)C(CC(=O)N1CCOCC1)CS(=O)(=O)Cc1ccccc1OC(F)F)C(=O)c1nnc(CC)o1. The minimum absolute atomic E-state index is 0.0198. The highest BCUT2D eigenvalue weighted by atomic mass is 32.2. The van der Waals surface area contributed by atoms with Gasteiger partial charge in [-0.25, -0.2) is 8.42 Å². The molecule has 1 fully saturated rings. The van der Waals surface area contributed by atoms with Gasteiger partial charge in [-0.1, -0.05) is 38.5 Å². The Morgan fingerprint density at radius 2 is 1.83 bits per heavy atom. The Morgan fingerprint density at radius 1 is 1.12 bits per heavy atom. The number of benzene rings is 1. The number of aromatic nitrogens is 2. The summed E-state index contributed by atoms with van der Waals surface area (Å²) in [7, 11) is -4.14. The molecule has 2 atom stereocenters. The van der Waals surface area contributed by atoms with Crippen LogP contribution in [0.4, 0.5) is 8.78 Å². The maximum atomic E-state index is 13.5. The summed E-state index contributed by atoms with van der Waals surface area (Å²) in [6, 6.07) is 4.34. The van der Waals surface area contributed by atoms with E-state index >= 15 is 0 Å². The summed E-state index contributed by atoms with van der Waals surface area (Å²) in [4.78, 5) is 41.0. The van der Waals surface area contributed by atoms with Crippen molar-refractivity contribution in [2.75, 3.05) is 32.1 Å². The van der Waals surface area contributed by atoms with Crippen LogP contribution in [0.2, 0.25) is 0 Å². The van der Waals surface area contributed by atoms with E-state index in [1.165, 1.54) is 29.2 Å². The first kappa shape index (κ1) is 32.1.